The van der Waals surface area contributed by atoms with E-state index in [1.165, 1.54) is 6.07 Å². The van der Waals surface area contributed by atoms with E-state index in [-0.39, 0.29) is 11.6 Å². The highest BCUT2D eigenvalue weighted by molar-refractivity contribution is 9.10. The predicted octanol–water partition coefficient (Wildman–Crippen LogP) is 3.21. The molecule has 3 nitrogen and oxygen atoms in total. The minimum atomic E-state index is -0.370. The summed E-state index contributed by atoms with van der Waals surface area (Å²) in [6, 6.07) is 9.03. The van der Waals surface area contributed by atoms with Crippen molar-refractivity contribution in [2.24, 2.45) is 5.73 Å². The highest BCUT2D eigenvalue weighted by Crippen LogP contribution is 2.26. The van der Waals surface area contributed by atoms with Crippen molar-refractivity contribution in [3.8, 4) is 0 Å². The van der Waals surface area contributed by atoms with Crippen molar-refractivity contribution in [1.82, 2.24) is 4.98 Å². The maximum absolute atomic E-state index is 13.8. The molecule has 0 atom stereocenters. The lowest BCUT2D eigenvalue weighted by molar-refractivity contribution is 0.620. The Balaban J connectivity index is 2.37. The smallest absolute Gasteiger partial charge is 0.169 e. The first-order valence-corrected chi connectivity index (χ1v) is 6.25. The van der Waals surface area contributed by atoms with E-state index in [0.717, 1.165) is 11.3 Å². The number of nitrogens with two attached hydrogens (primary N) is 1. The van der Waals surface area contributed by atoms with Crippen LogP contribution in [0.1, 0.15) is 5.56 Å². The van der Waals surface area contributed by atoms with Crippen molar-refractivity contribution in [3.63, 3.8) is 0 Å². The lowest BCUT2D eigenvalue weighted by Crippen LogP contribution is -2.13. The summed E-state index contributed by atoms with van der Waals surface area (Å²) in [6.45, 7) is 0.456. The van der Waals surface area contributed by atoms with E-state index in [1.54, 1.807) is 18.1 Å². The molecular formula is C13H13BrFN3. The molecule has 0 unspecified atom stereocenters. The SMILES string of the molecule is CN(c1cccc(CN)c1)c1ncc(Br)cc1F. The summed E-state index contributed by atoms with van der Waals surface area (Å²) in [5.41, 5.74) is 7.44. The van der Waals surface area contributed by atoms with E-state index < -0.39 is 0 Å². The van der Waals surface area contributed by atoms with Crippen molar-refractivity contribution in [2.45, 2.75) is 6.54 Å². The van der Waals surface area contributed by atoms with Gasteiger partial charge in [0.1, 0.15) is 0 Å². The number of benzene rings is 1. The zero-order chi connectivity index (χ0) is 13.1. The van der Waals surface area contributed by atoms with Crippen molar-refractivity contribution < 1.29 is 4.39 Å². The number of hydrogen-bond donors (Lipinski definition) is 1. The van der Waals surface area contributed by atoms with Crippen LogP contribution in [0, 0.1) is 5.82 Å². The Kier molecular flexibility index (Phi) is 3.93. The Morgan fingerprint density at radius 3 is 2.83 bits per heavy atom. The minimum absolute atomic E-state index is 0.285. The summed E-state index contributed by atoms with van der Waals surface area (Å²) >= 11 is 3.19. The molecule has 1 heterocycles. The fourth-order valence-electron chi connectivity index (χ4n) is 1.67. The molecular weight excluding hydrogens is 297 g/mol. The van der Waals surface area contributed by atoms with Gasteiger partial charge in [0.05, 0.1) is 0 Å². The third kappa shape index (κ3) is 2.68. The van der Waals surface area contributed by atoms with Crippen molar-refractivity contribution in [3.05, 3.63) is 52.4 Å². The maximum Gasteiger partial charge on any atom is 0.169 e. The van der Waals surface area contributed by atoms with Gasteiger partial charge in [-0.05, 0) is 39.7 Å². The molecule has 1 aromatic carbocycles. The Hall–Kier alpha value is -1.46. The quantitative estimate of drug-likeness (QED) is 0.946. The van der Waals surface area contributed by atoms with E-state index in [1.807, 2.05) is 24.3 Å². The summed E-state index contributed by atoms with van der Waals surface area (Å²) in [6.07, 6.45) is 1.57. The van der Waals surface area contributed by atoms with E-state index in [2.05, 4.69) is 20.9 Å². The average molecular weight is 310 g/mol. The molecule has 5 heteroatoms. The van der Waals surface area contributed by atoms with Gasteiger partial charge in [-0.25, -0.2) is 9.37 Å². The van der Waals surface area contributed by atoms with Crippen LogP contribution >= 0.6 is 15.9 Å². The molecule has 0 amide bonds. The predicted molar refractivity (Wildman–Crippen MR) is 74.3 cm³/mol. The van der Waals surface area contributed by atoms with Crippen LogP contribution in [0.5, 0.6) is 0 Å². The molecule has 0 saturated carbocycles. The fourth-order valence-corrected chi connectivity index (χ4v) is 1.97. The second-order valence-corrected chi connectivity index (χ2v) is 4.81. The summed E-state index contributed by atoms with van der Waals surface area (Å²) in [4.78, 5) is 5.78. The minimum Gasteiger partial charge on any atom is -0.327 e. The normalized spacial score (nSPS) is 10.4. The van der Waals surface area contributed by atoms with Gasteiger partial charge in [-0.3, -0.25) is 0 Å². The number of hydrogen-bond acceptors (Lipinski definition) is 3. The molecule has 0 bridgehead atoms. The summed E-state index contributed by atoms with van der Waals surface area (Å²) in [7, 11) is 1.77. The fraction of sp³-hybridized carbons (Fsp3) is 0.154. The highest BCUT2D eigenvalue weighted by atomic mass is 79.9. The summed E-state index contributed by atoms with van der Waals surface area (Å²) < 4.78 is 14.4. The van der Waals surface area contributed by atoms with E-state index in [9.17, 15) is 4.39 Å². The molecule has 2 aromatic rings. The zero-order valence-corrected chi connectivity index (χ0v) is 11.5. The van der Waals surface area contributed by atoms with Gasteiger partial charge in [-0.15, -0.1) is 0 Å². The average Bonchev–Trinajstić information content (AvgIpc) is 2.38. The van der Waals surface area contributed by atoms with Gasteiger partial charge in [0.15, 0.2) is 11.6 Å². The van der Waals surface area contributed by atoms with Gasteiger partial charge in [0, 0.05) is 29.9 Å². The standard InChI is InChI=1S/C13H13BrFN3/c1-18(11-4-2-3-9(5-11)7-16)13-12(15)6-10(14)8-17-13/h2-6,8H,7,16H2,1H3. The monoisotopic (exact) mass is 309 g/mol. The molecule has 94 valence electrons. The summed E-state index contributed by atoms with van der Waals surface area (Å²) in [5, 5.41) is 0. The van der Waals surface area contributed by atoms with Crippen molar-refractivity contribution in [2.75, 3.05) is 11.9 Å². The molecule has 2 N–H and O–H groups in total. The van der Waals surface area contributed by atoms with Crippen LogP contribution in [-0.2, 0) is 6.54 Å². The maximum atomic E-state index is 13.8. The number of nitrogens with zero attached hydrogens (tertiary/aromatic N) is 2. The summed E-state index contributed by atoms with van der Waals surface area (Å²) in [5.74, 6) is -0.0857. The first kappa shape index (κ1) is 13.0. The van der Waals surface area contributed by atoms with Crippen LogP contribution in [0.15, 0.2) is 41.0 Å². The Bertz CT molecular complexity index is 560. The molecule has 0 radical (unpaired) electrons. The number of rotatable bonds is 3. The molecule has 0 spiro atoms. The van der Waals surface area contributed by atoms with Crippen LogP contribution in [-0.4, -0.2) is 12.0 Å². The van der Waals surface area contributed by atoms with Crippen molar-refractivity contribution >= 4 is 27.4 Å². The number of pyridine rings is 1. The molecule has 0 fully saturated rings. The first-order valence-electron chi connectivity index (χ1n) is 5.45. The van der Waals surface area contributed by atoms with E-state index in [4.69, 9.17) is 5.73 Å². The zero-order valence-electron chi connectivity index (χ0n) is 9.90. The second kappa shape index (κ2) is 5.46. The molecule has 1 aromatic heterocycles. The van der Waals surface area contributed by atoms with Gasteiger partial charge in [-0.2, -0.15) is 0 Å². The molecule has 0 aliphatic rings. The number of halogens is 2. The van der Waals surface area contributed by atoms with Crippen LogP contribution in [0.3, 0.4) is 0 Å². The molecule has 2 rings (SSSR count). The second-order valence-electron chi connectivity index (χ2n) is 3.89. The Labute approximate surface area is 114 Å². The van der Waals surface area contributed by atoms with Crippen LogP contribution < -0.4 is 10.6 Å². The van der Waals surface area contributed by atoms with E-state index in [0.29, 0.717) is 11.0 Å². The molecule has 18 heavy (non-hydrogen) atoms. The van der Waals surface area contributed by atoms with Crippen LogP contribution in [0.4, 0.5) is 15.9 Å². The Morgan fingerprint density at radius 1 is 1.39 bits per heavy atom. The highest BCUT2D eigenvalue weighted by Gasteiger charge is 2.11. The van der Waals surface area contributed by atoms with Crippen LogP contribution in [0.25, 0.3) is 0 Å². The van der Waals surface area contributed by atoms with E-state index >= 15 is 0 Å². The third-order valence-corrected chi connectivity index (χ3v) is 3.07. The third-order valence-electron chi connectivity index (χ3n) is 2.64. The number of aromatic nitrogens is 1. The topological polar surface area (TPSA) is 42.1 Å². The van der Waals surface area contributed by atoms with Gasteiger partial charge < -0.3 is 10.6 Å². The lowest BCUT2D eigenvalue weighted by Gasteiger charge is -2.19. The van der Waals surface area contributed by atoms with Gasteiger partial charge in [0.2, 0.25) is 0 Å². The van der Waals surface area contributed by atoms with Gasteiger partial charge in [-0.1, -0.05) is 12.1 Å². The van der Waals surface area contributed by atoms with Gasteiger partial charge >= 0.3 is 0 Å². The lowest BCUT2D eigenvalue weighted by atomic mass is 10.2. The molecule has 0 aliphatic carbocycles. The Morgan fingerprint density at radius 2 is 2.17 bits per heavy atom. The van der Waals surface area contributed by atoms with Gasteiger partial charge in [0.25, 0.3) is 0 Å². The molecule has 0 saturated heterocycles. The first-order chi connectivity index (χ1) is 8.61. The largest absolute Gasteiger partial charge is 0.327 e. The van der Waals surface area contributed by atoms with Crippen molar-refractivity contribution in [1.29, 1.82) is 0 Å². The van der Waals surface area contributed by atoms with Crippen LogP contribution in [0.2, 0.25) is 0 Å². The molecule has 0 aliphatic heterocycles. The number of anilines is 2.